The highest BCUT2D eigenvalue weighted by Crippen LogP contribution is 2.60. The third-order valence-electron chi connectivity index (χ3n) is 4.51. The number of hydrogen-bond acceptors (Lipinski definition) is 4. The smallest absolute Gasteiger partial charge is 0.238 e. The summed E-state index contributed by atoms with van der Waals surface area (Å²) in [7, 11) is 3.53. The van der Waals surface area contributed by atoms with Crippen LogP contribution in [-0.4, -0.2) is 43.1 Å². The van der Waals surface area contributed by atoms with E-state index in [1.165, 1.54) is 12.1 Å². The molecule has 2 rings (SSSR count). The largest absolute Gasteiger partial charge is 0.347 e. The molecule has 0 spiro atoms. The summed E-state index contributed by atoms with van der Waals surface area (Å²) in [6.45, 7) is 5.68. The van der Waals surface area contributed by atoms with Gasteiger partial charge in [0.05, 0.1) is 23.4 Å². The van der Waals surface area contributed by atoms with Crippen LogP contribution in [0.2, 0.25) is 0 Å². The lowest BCUT2D eigenvalue weighted by molar-refractivity contribution is -0.134. The number of nitrogens with zero attached hydrogens (tertiary/aromatic N) is 1. The van der Waals surface area contributed by atoms with Crippen molar-refractivity contribution in [2.75, 3.05) is 14.1 Å². The Bertz CT molecular complexity index is 717. The molecule has 1 aromatic carbocycles. The van der Waals surface area contributed by atoms with E-state index in [1.807, 2.05) is 20.8 Å². The second-order valence-electron chi connectivity index (χ2n) is 8.14. The van der Waals surface area contributed by atoms with E-state index >= 15 is 0 Å². The van der Waals surface area contributed by atoms with Crippen molar-refractivity contribution in [2.24, 2.45) is 5.41 Å². The lowest BCUT2D eigenvalue weighted by Gasteiger charge is -2.37. The van der Waals surface area contributed by atoms with Gasteiger partial charge in [0.15, 0.2) is 0 Å². The molecule has 0 aromatic heterocycles. The highest BCUT2D eigenvalue weighted by molar-refractivity contribution is 8.20. The van der Waals surface area contributed by atoms with E-state index in [0.717, 1.165) is 12.1 Å². The quantitative estimate of drug-likeness (QED) is 0.685. The summed E-state index contributed by atoms with van der Waals surface area (Å²) < 4.78 is 38.7. The molecule has 28 heavy (non-hydrogen) atoms. The first-order valence-corrected chi connectivity index (χ1v) is 10.2. The van der Waals surface area contributed by atoms with Crippen LogP contribution >= 0.6 is 11.2 Å². The number of amides is 2. The number of nitrogens with one attached hydrogen (secondary N) is 3. The van der Waals surface area contributed by atoms with E-state index in [0.29, 0.717) is 5.56 Å². The molecule has 6 nitrogen and oxygen atoms in total. The van der Waals surface area contributed by atoms with Gasteiger partial charge in [0, 0.05) is 0 Å². The van der Waals surface area contributed by atoms with Gasteiger partial charge in [-0.1, -0.05) is 32.9 Å². The Morgan fingerprint density at radius 1 is 1.21 bits per heavy atom. The van der Waals surface area contributed by atoms with Crippen molar-refractivity contribution in [3.05, 3.63) is 29.8 Å². The minimum atomic E-state index is -5.29. The van der Waals surface area contributed by atoms with Gasteiger partial charge in [0.1, 0.15) is 6.29 Å². The van der Waals surface area contributed by atoms with Gasteiger partial charge in [-0.3, -0.25) is 19.8 Å². The zero-order valence-corrected chi connectivity index (χ0v) is 17.4. The van der Waals surface area contributed by atoms with Crippen LogP contribution < -0.4 is 16.0 Å². The van der Waals surface area contributed by atoms with Crippen LogP contribution in [0.3, 0.4) is 0 Å². The van der Waals surface area contributed by atoms with Gasteiger partial charge in [-0.05, 0) is 37.2 Å². The van der Waals surface area contributed by atoms with E-state index in [1.54, 1.807) is 19.0 Å². The predicted molar refractivity (Wildman–Crippen MR) is 103 cm³/mol. The zero-order chi connectivity index (χ0) is 21.3. The van der Waals surface area contributed by atoms with Crippen LogP contribution in [0.15, 0.2) is 29.2 Å². The Morgan fingerprint density at radius 2 is 1.79 bits per heavy atom. The standard InChI is InChI=1S/C18H27F3N4O2S/c1-18(2,3)15(11-6-8-12(9-7-11)28(19,20)21)24-16(27)13-10-14(26)23-17(22-13)25(4)5/h6-9,13,15,17,22H,10H2,1-5H3,(H,23,26)(H,24,27)/t13?,15-,17?/m0/s1. The normalized spacial score (nSPS) is 22.5. The molecule has 1 heterocycles. The molecule has 3 N–H and O–H groups in total. The van der Waals surface area contributed by atoms with E-state index in [2.05, 4.69) is 16.0 Å². The van der Waals surface area contributed by atoms with Crippen molar-refractivity contribution in [3.8, 4) is 0 Å². The van der Waals surface area contributed by atoms with Gasteiger partial charge in [-0.2, -0.15) is 0 Å². The maximum Gasteiger partial charge on any atom is 0.238 e. The fourth-order valence-corrected chi connectivity index (χ4v) is 3.44. The first-order chi connectivity index (χ1) is 12.8. The Hall–Kier alpha value is -1.78. The van der Waals surface area contributed by atoms with E-state index in [9.17, 15) is 21.2 Å². The highest BCUT2D eigenvalue weighted by atomic mass is 32.3. The van der Waals surface area contributed by atoms with Gasteiger partial charge in [-0.25, -0.2) is 0 Å². The van der Waals surface area contributed by atoms with Crippen LogP contribution in [0, 0.1) is 5.41 Å². The van der Waals surface area contributed by atoms with Crippen LogP contribution in [-0.2, 0) is 9.59 Å². The molecule has 1 aliphatic heterocycles. The number of carbonyl (C=O) groups is 2. The minimum Gasteiger partial charge on any atom is -0.347 e. The first-order valence-electron chi connectivity index (χ1n) is 8.83. The number of carbonyl (C=O) groups excluding carboxylic acids is 2. The lowest BCUT2D eigenvalue weighted by atomic mass is 9.82. The molecule has 0 radical (unpaired) electrons. The van der Waals surface area contributed by atoms with Gasteiger partial charge in [0.25, 0.3) is 0 Å². The number of benzene rings is 1. The molecular weight excluding hydrogens is 393 g/mol. The molecule has 0 bridgehead atoms. The summed E-state index contributed by atoms with van der Waals surface area (Å²) >= 11 is -5.29. The summed E-state index contributed by atoms with van der Waals surface area (Å²) in [4.78, 5) is 25.8. The lowest BCUT2D eigenvalue weighted by Crippen LogP contribution is -2.65. The topological polar surface area (TPSA) is 73.5 Å². The van der Waals surface area contributed by atoms with Crippen molar-refractivity contribution in [1.82, 2.24) is 20.9 Å². The van der Waals surface area contributed by atoms with Gasteiger partial charge in [-0.15, -0.1) is 11.7 Å². The van der Waals surface area contributed by atoms with Crippen molar-refractivity contribution in [2.45, 2.75) is 50.5 Å². The maximum atomic E-state index is 12.9. The average molecular weight is 421 g/mol. The fraction of sp³-hybridized carbons (Fsp3) is 0.556. The molecule has 158 valence electrons. The van der Waals surface area contributed by atoms with Crippen molar-refractivity contribution in [1.29, 1.82) is 0 Å². The number of halogens is 3. The molecule has 1 aromatic rings. The Kier molecular flexibility index (Phi) is 6.67. The molecular formula is C18H27F3N4O2S. The summed E-state index contributed by atoms with van der Waals surface area (Å²) in [6.07, 6.45) is -0.484. The van der Waals surface area contributed by atoms with Crippen LogP contribution in [0.5, 0.6) is 0 Å². The molecule has 1 fully saturated rings. The molecule has 1 saturated heterocycles. The SMILES string of the molecule is CN(C)C1NC(=O)CC(C(=O)N[C@@H](c2ccc(S(F)(F)F)cc2)C(C)(C)C)N1. The van der Waals surface area contributed by atoms with Gasteiger partial charge >= 0.3 is 0 Å². The zero-order valence-electron chi connectivity index (χ0n) is 16.6. The van der Waals surface area contributed by atoms with Crippen LogP contribution in [0.25, 0.3) is 0 Å². The summed E-state index contributed by atoms with van der Waals surface area (Å²) in [6, 6.07) is 3.64. The molecule has 1 aliphatic rings. The number of rotatable bonds is 5. The van der Waals surface area contributed by atoms with Crippen molar-refractivity contribution >= 4 is 23.0 Å². The minimum absolute atomic E-state index is 0.0105. The molecule has 2 unspecified atom stereocenters. The Morgan fingerprint density at radius 3 is 2.25 bits per heavy atom. The maximum absolute atomic E-state index is 12.9. The Balaban J connectivity index is 2.20. The average Bonchev–Trinajstić information content (AvgIpc) is 2.57. The molecule has 10 heteroatoms. The molecule has 0 aliphatic carbocycles. The van der Waals surface area contributed by atoms with Crippen LogP contribution in [0.1, 0.15) is 38.8 Å². The summed E-state index contributed by atoms with van der Waals surface area (Å²) in [5.74, 6) is -0.616. The highest BCUT2D eigenvalue weighted by Gasteiger charge is 2.35. The summed E-state index contributed by atoms with van der Waals surface area (Å²) in [5, 5.41) is 8.69. The summed E-state index contributed by atoms with van der Waals surface area (Å²) in [5.41, 5.74) is 0.137. The third-order valence-corrected chi connectivity index (χ3v) is 5.32. The number of hydrogen-bond donors (Lipinski definition) is 3. The molecule has 3 atom stereocenters. The Labute approximate surface area is 165 Å². The van der Waals surface area contributed by atoms with E-state index < -0.39 is 39.9 Å². The van der Waals surface area contributed by atoms with Gasteiger partial charge in [0.2, 0.25) is 23.0 Å². The van der Waals surface area contributed by atoms with Crippen molar-refractivity contribution in [3.63, 3.8) is 0 Å². The fourth-order valence-electron chi connectivity index (χ4n) is 2.99. The van der Waals surface area contributed by atoms with E-state index in [-0.39, 0.29) is 18.2 Å². The second-order valence-corrected chi connectivity index (χ2v) is 9.42. The molecule has 0 saturated carbocycles. The van der Waals surface area contributed by atoms with Gasteiger partial charge < -0.3 is 10.6 Å². The second kappa shape index (κ2) is 8.30. The first kappa shape index (κ1) is 22.5. The van der Waals surface area contributed by atoms with Crippen LogP contribution in [0.4, 0.5) is 11.7 Å². The predicted octanol–water partition coefficient (Wildman–Crippen LogP) is 3.03. The van der Waals surface area contributed by atoms with E-state index in [4.69, 9.17) is 0 Å². The monoisotopic (exact) mass is 420 g/mol. The molecule has 2 amide bonds. The third kappa shape index (κ3) is 5.62. The van der Waals surface area contributed by atoms with Crippen molar-refractivity contribution < 1.29 is 21.2 Å².